The first-order valence-corrected chi connectivity index (χ1v) is 5.13. The SMILES string of the molecule is CCN1CCC=C(C(C)(C)C(=O)O)C1. The first kappa shape index (κ1) is 11.2. The van der Waals surface area contributed by atoms with Gasteiger partial charge in [-0.1, -0.05) is 13.0 Å². The third-order valence-corrected chi connectivity index (χ3v) is 3.01. The van der Waals surface area contributed by atoms with Crippen molar-refractivity contribution in [2.75, 3.05) is 19.6 Å². The lowest BCUT2D eigenvalue weighted by Gasteiger charge is -2.32. The molecule has 0 aliphatic carbocycles. The molecule has 0 amide bonds. The molecule has 0 aromatic carbocycles. The van der Waals surface area contributed by atoms with Gasteiger partial charge in [0.05, 0.1) is 5.41 Å². The molecule has 1 heterocycles. The second kappa shape index (κ2) is 4.13. The van der Waals surface area contributed by atoms with Crippen LogP contribution < -0.4 is 0 Å². The Bertz CT molecular complexity index is 256. The van der Waals surface area contributed by atoms with E-state index >= 15 is 0 Å². The maximum Gasteiger partial charge on any atom is 0.313 e. The minimum atomic E-state index is -0.735. The van der Waals surface area contributed by atoms with Gasteiger partial charge < -0.3 is 5.11 Å². The van der Waals surface area contributed by atoms with E-state index in [9.17, 15) is 4.79 Å². The maximum atomic E-state index is 11.1. The van der Waals surface area contributed by atoms with Crippen molar-refractivity contribution < 1.29 is 9.90 Å². The molecule has 1 aliphatic heterocycles. The molecule has 0 aromatic heterocycles. The van der Waals surface area contributed by atoms with Crippen molar-refractivity contribution in [1.82, 2.24) is 4.90 Å². The first-order valence-electron chi connectivity index (χ1n) is 5.13. The first-order chi connectivity index (χ1) is 6.48. The van der Waals surface area contributed by atoms with Gasteiger partial charge in [-0.3, -0.25) is 9.69 Å². The Morgan fingerprint density at radius 1 is 1.64 bits per heavy atom. The third-order valence-electron chi connectivity index (χ3n) is 3.01. The van der Waals surface area contributed by atoms with Crippen LogP contribution >= 0.6 is 0 Å². The molecule has 0 atom stereocenters. The van der Waals surface area contributed by atoms with Gasteiger partial charge in [0.1, 0.15) is 0 Å². The molecule has 14 heavy (non-hydrogen) atoms. The zero-order valence-corrected chi connectivity index (χ0v) is 9.21. The van der Waals surface area contributed by atoms with Crippen molar-refractivity contribution in [2.24, 2.45) is 5.41 Å². The van der Waals surface area contributed by atoms with Gasteiger partial charge in [0, 0.05) is 13.1 Å². The Balaban J connectivity index is 2.78. The number of carboxylic acids is 1. The van der Waals surface area contributed by atoms with E-state index in [2.05, 4.69) is 17.9 Å². The molecule has 0 radical (unpaired) electrons. The van der Waals surface area contributed by atoms with Crippen LogP contribution in [0.3, 0.4) is 0 Å². The highest BCUT2D eigenvalue weighted by Crippen LogP contribution is 2.29. The van der Waals surface area contributed by atoms with Crippen LogP contribution in [0.4, 0.5) is 0 Å². The van der Waals surface area contributed by atoms with E-state index in [1.807, 2.05) is 0 Å². The second-order valence-corrected chi connectivity index (χ2v) is 4.32. The Morgan fingerprint density at radius 3 is 2.79 bits per heavy atom. The van der Waals surface area contributed by atoms with Gasteiger partial charge in [-0.15, -0.1) is 0 Å². The summed E-state index contributed by atoms with van der Waals surface area (Å²) in [7, 11) is 0. The summed E-state index contributed by atoms with van der Waals surface area (Å²) < 4.78 is 0. The van der Waals surface area contributed by atoms with Gasteiger partial charge in [0.15, 0.2) is 0 Å². The number of carbonyl (C=O) groups is 1. The molecule has 80 valence electrons. The zero-order valence-electron chi connectivity index (χ0n) is 9.21. The van der Waals surface area contributed by atoms with E-state index in [4.69, 9.17) is 5.11 Å². The highest BCUT2D eigenvalue weighted by Gasteiger charge is 2.33. The van der Waals surface area contributed by atoms with Crippen molar-refractivity contribution in [1.29, 1.82) is 0 Å². The van der Waals surface area contributed by atoms with Crippen LogP contribution in [0.25, 0.3) is 0 Å². The summed E-state index contributed by atoms with van der Waals surface area (Å²) >= 11 is 0. The molecule has 0 saturated heterocycles. The molecule has 1 aliphatic rings. The minimum absolute atomic E-state index is 0.714. The van der Waals surface area contributed by atoms with Gasteiger partial charge in [-0.2, -0.15) is 0 Å². The number of likely N-dealkylation sites (N-methyl/N-ethyl adjacent to an activating group) is 1. The van der Waals surface area contributed by atoms with Crippen LogP contribution in [0.1, 0.15) is 27.2 Å². The molecule has 3 heteroatoms. The molecule has 0 aromatic rings. The monoisotopic (exact) mass is 197 g/mol. The number of nitrogens with zero attached hydrogens (tertiary/aromatic N) is 1. The van der Waals surface area contributed by atoms with Crippen molar-refractivity contribution in [3.05, 3.63) is 11.6 Å². The lowest BCUT2D eigenvalue weighted by Crippen LogP contribution is -2.37. The molecule has 1 rings (SSSR count). The van der Waals surface area contributed by atoms with E-state index in [1.165, 1.54) is 0 Å². The van der Waals surface area contributed by atoms with E-state index in [1.54, 1.807) is 13.8 Å². The predicted octanol–water partition coefficient (Wildman–Crippen LogP) is 1.75. The van der Waals surface area contributed by atoms with E-state index in [0.717, 1.165) is 31.6 Å². The van der Waals surface area contributed by atoms with Crippen LogP contribution in [-0.2, 0) is 4.79 Å². The minimum Gasteiger partial charge on any atom is -0.481 e. The quantitative estimate of drug-likeness (QED) is 0.701. The van der Waals surface area contributed by atoms with Crippen molar-refractivity contribution in [3.63, 3.8) is 0 Å². The van der Waals surface area contributed by atoms with Crippen molar-refractivity contribution >= 4 is 5.97 Å². The fourth-order valence-corrected chi connectivity index (χ4v) is 1.67. The molecule has 0 unspecified atom stereocenters. The van der Waals surface area contributed by atoms with Gasteiger partial charge in [0.25, 0.3) is 0 Å². The smallest absolute Gasteiger partial charge is 0.313 e. The summed E-state index contributed by atoms with van der Waals surface area (Å²) in [6, 6.07) is 0. The van der Waals surface area contributed by atoms with Gasteiger partial charge >= 0.3 is 5.97 Å². The number of hydrogen-bond acceptors (Lipinski definition) is 2. The summed E-state index contributed by atoms with van der Waals surface area (Å²) in [5.41, 5.74) is 0.325. The lowest BCUT2D eigenvalue weighted by molar-refractivity contribution is -0.145. The summed E-state index contributed by atoms with van der Waals surface area (Å²) in [5, 5.41) is 9.09. The number of aliphatic carboxylic acids is 1. The normalized spacial score (nSPS) is 19.2. The fourth-order valence-electron chi connectivity index (χ4n) is 1.67. The second-order valence-electron chi connectivity index (χ2n) is 4.32. The lowest BCUT2D eigenvalue weighted by atomic mass is 9.82. The zero-order chi connectivity index (χ0) is 10.8. The highest BCUT2D eigenvalue weighted by atomic mass is 16.4. The number of rotatable bonds is 3. The van der Waals surface area contributed by atoms with Gasteiger partial charge in [-0.25, -0.2) is 0 Å². The van der Waals surface area contributed by atoms with E-state index in [-0.39, 0.29) is 0 Å². The fraction of sp³-hybridized carbons (Fsp3) is 0.727. The Labute approximate surface area is 85.4 Å². The van der Waals surface area contributed by atoms with Crippen LogP contribution in [0.2, 0.25) is 0 Å². The molecule has 0 bridgehead atoms. The molecule has 0 saturated carbocycles. The van der Waals surface area contributed by atoms with Crippen LogP contribution in [0.5, 0.6) is 0 Å². The average molecular weight is 197 g/mol. The average Bonchev–Trinajstić information content (AvgIpc) is 2.17. The summed E-state index contributed by atoms with van der Waals surface area (Å²) in [6.07, 6.45) is 3.06. The van der Waals surface area contributed by atoms with Crippen LogP contribution in [-0.4, -0.2) is 35.6 Å². The highest BCUT2D eigenvalue weighted by molar-refractivity contribution is 5.77. The summed E-state index contributed by atoms with van der Waals surface area (Å²) in [6.45, 7) is 8.51. The standard InChI is InChI=1S/C11H19NO2/c1-4-12-7-5-6-9(8-12)11(2,3)10(13)14/h6H,4-5,7-8H2,1-3H3,(H,13,14). The number of hydrogen-bond donors (Lipinski definition) is 1. The molecule has 1 N–H and O–H groups in total. The topological polar surface area (TPSA) is 40.5 Å². The van der Waals surface area contributed by atoms with Crippen molar-refractivity contribution in [3.8, 4) is 0 Å². The summed E-state index contributed by atoms with van der Waals surface area (Å²) in [4.78, 5) is 13.3. The van der Waals surface area contributed by atoms with Crippen molar-refractivity contribution in [2.45, 2.75) is 27.2 Å². The largest absolute Gasteiger partial charge is 0.481 e. The van der Waals surface area contributed by atoms with Crippen LogP contribution in [0, 0.1) is 5.41 Å². The third kappa shape index (κ3) is 2.15. The summed E-state index contributed by atoms with van der Waals surface area (Å²) in [5.74, 6) is -0.735. The Hall–Kier alpha value is -0.830. The Kier molecular flexibility index (Phi) is 3.32. The molecule has 0 fully saturated rings. The van der Waals surface area contributed by atoms with Gasteiger partial charge in [-0.05, 0) is 32.4 Å². The maximum absolute atomic E-state index is 11.1. The molecular weight excluding hydrogens is 178 g/mol. The molecular formula is C11H19NO2. The van der Waals surface area contributed by atoms with Crippen LogP contribution in [0.15, 0.2) is 11.6 Å². The van der Waals surface area contributed by atoms with E-state index in [0.29, 0.717) is 0 Å². The molecule has 3 nitrogen and oxygen atoms in total. The number of carboxylic acid groups (broad SMARTS) is 1. The van der Waals surface area contributed by atoms with E-state index < -0.39 is 11.4 Å². The van der Waals surface area contributed by atoms with Gasteiger partial charge in [0.2, 0.25) is 0 Å². The Morgan fingerprint density at radius 2 is 2.29 bits per heavy atom. The predicted molar refractivity (Wildman–Crippen MR) is 56.2 cm³/mol. The molecule has 0 spiro atoms.